The topological polar surface area (TPSA) is 79.4 Å². The number of aryl methyl sites for hydroxylation is 1. The van der Waals surface area contributed by atoms with Crippen molar-refractivity contribution in [1.29, 1.82) is 0 Å². The Kier molecular flexibility index (Phi) is 6.20. The number of ether oxygens (including phenoxy) is 2. The normalized spacial score (nSPS) is 15.9. The summed E-state index contributed by atoms with van der Waals surface area (Å²) in [5, 5.41) is 1.28. The molecule has 170 valence electrons. The third kappa shape index (κ3) is 4.41. The van der Waals surface area contributed by atoms with Crippen LogP contribution in [0.2, 0.25) is 0 Å². The summed E-state index contributed by atoms with van der Waals surface area (Å²) in [6.07, 6.45) is 2.01. The lowest BCUT2D eigenvalue weighted by Gasteiger charge is -2.16. The molecule has 8 heteroatoms. The average molecular weight is 464 g/mol. The molecule has 0 unspecified atom stereocenters. The Morgan fingerprint density at radius 2 is 1.97 bits per heavy atom. The zero-order valence-electron chi connectivity index (χ0n) is 18.6. The molecule has 3 heterocycles. The number of benzene rings is 2. The van der Waals surface area contributed by atoms with Crippen LogP contribution >= 0.6 is 11.8 Å². The number of para-hydroxylation sites is 2. The third-order valence-corrected chi connectivity index (χ3v) is 6.79. The van der Waals surface area contributed by atoms with Crippen LogP contribution in [-0.2, 0) is 17.0 Å². The molecule has 7 nitrogen and oxygen atoms in total. The highest BCUT2D eigenvalue weighted by molar-refractivity contribution is 7.98. The number of oxazole rings is 1. The van der Waals surface area contributed by atoms with Gasteiger partial charge in [-0.2, -0.15) is 0 Å². The number of methoxy groups -OCH3 is 1. The number of nitrogens with zero attached hydrogens (tertiary/aromatic N) is 3. The monoisotopic (exact) mass is 463 g/mol. The highest BCUT2D eigenvalue weighted by atomic mass is 32.2. The van der Waals surface area contributed by atoms with E-state index in [9.17, 15) is 4.79 Å². The average Bonchev–Trinajstić information content (AvgIpc) is 3.49. The molecular weight excluding hydrogens is 438 g/mol. The van der Waals surface area contributed by atoms with Gasteiger partial charge in [-0.3, -0.25) is 9.36 Å². The minimum absolute atomic E-state index is 0.0369. The maximum absolute atomic E-state index is 13.3. The predicted molar refractivity (Wildman–Crippen MR) is 128 cm³/mol. The second kappa shape index (κ2) is 9.41. The molecule has 2 aromatic heterocycles. The third-order valence-electron chi connectivity index (χ3n) is 5.80. The first-order chi connectivity index (χ1) is 16.1. The van der Waals surface area contributed by atoms with Crippen molar-refractivity contribution < 1.29 is 13.9 Å². The maximum Gasteiger partial charge on any atom is 0.262 e. The van der Waals surface area contributed by atoms with E-state index in [1.807, 2.05) is 55.5 Å². The van der Waals surface area contributed by atoms with Crippen LogP contribution in [0.4, 0.5) is 0 Å². The van der Waals surface area contributed by atoms with Crippen LogP contribution in [0.1, 0.15) is 24.3 Å². The molecule has 0 amide bonds. The zero-order chi connectivity index (χ0) is 22.8. The smallest absolute Gasteiger partial charge is 0.262 e. The first kappa shape index (κ1) is 21.7. The highest BCUT2D eigenvalue weighted by Crippen LogP contribution is 2.32. The summed E-state index contributed by atoms with van der Waals surface area (Å²) in [6, 6.07) is 15.1. The van der Waals surface area contributed by atoms with Crippen LogP contribution in [0, 0.1) is 6.92 Å². The van der Waals surface area contributed by atoms with Crippen LogP contribution in [-0.4, -0.2) is 34.4 Å². The Labute approximate surface area is 195 Å². The van der Waals surface area contributed by atoms with Gasteiger partial charge in [-0.1, -0.05) is 36.0 Å². The number of aromatic nitrogens is 3. The Morgan fingerprint density at radius 3 is 2.79 bits per heavy atom. The molecule has 0 radical (unpaired) electrons. The molecule has 0 bridgehead atoms. The van der Waals surface area contributed by atoms with E-state index in [2.05, 4.69) is 0 Å². The summed E-state index contributed by atoms with van der Waals surface area (Å²) < 4.78 is 18.9. The van der Waals surface area contributed by atoms with Gasteiger partial charge in [0.1, 0.15) is 11.5 Å². The van der Waals surface area contributed by atoms with Crippen molar-refractivity contribution in [2.75, 3.05) is 13.7 Å². The van der Waals surface area contributed by atoms with E-state index < -0.39 is 0 Å². The molecular formula is C25H25N3O4S. The van der Waals surface area contributed by atoms with Crippen molar-refractivity contribution in [3.05, 3.63) is 70.3 Å². The fourth-order valence-corrected chi connectivity index (χ4v) is 5.05. The lowest BCUT2D eigenvalue weighted by Crippen LogP contribution is -2.28. The summed E-state index contributed by atoms with van der Waals surface area (Å²) in [4.78, 5) is 22.8. The van der Waals surface area contributed by atoms with Crippen molar-refractivity contribution in [3.8, 4) is 17.2 Å². The van der Waals surface area contributed by atoms with Crippen LogP contribution in [0.25, 0.3) is 22.4 Å². The number of hydrogen-bond donors (Lipinski definition) is 0. The van der Waals surface area contributed by atoms with Gasteiger partial charge in [0.25, 0.3) is 5.56 Å². The molecule has 4 aromatic rings. The standard InChI is InChI=1S/C25H25N3O4S/c1-16-21(26-23(32-16)19-10-4-6-12-22(19)30-2)15-33-25-27-20-11-5-3-9-18(20)24(29)28(25)14-17-8-7-13-31-17/h3-6,9-12,17H,7-8,13-15H2,1-2H3/t17-/m1/s1. The molecule has 0 aliphatic carbocycles. The predicted octanol–water partition coefficient (Wildman–Crippen LogP) is 4.84. The Balaban J connectivity index is 1.46. The number of hydrogen-bond acceptors (Lipinski definition) is 7. The molecule has 1 saturated heterocycles. The van der Waals surface area contributed by atoms with Gasteiger partial charge < -0.3 is 13.9 Å². The summed E-state index contributed by atoms with van der Waals surface area (Å²) in [5.41, 5.74) is 2.27. The van der Waals surface area contributed by atoms with Crippen LogP contribution in [0.3, 0.4) is 0 Å². The van der Waals surface area contributed by atoms with Crippen molar-refractivity contribution in [1.82, 2.24) is 14.5 Å². The van der Waals surface area contributed by atoms with Crippen molar-refractivity contribution in [3.63, 3.8) is 0 Å². The second-order valence-corrected chi connectivity index (χ2v) is 8.92. The van der Waals surface area contributed by atoms with Gasteiger partial charge >= 0.3 is 0 Å². The van der Waals surface area contributed by atoms with Gasteiger partial charge in [-0.25, -0.2) is 9.97 Å². The summed E-state index contributed by atoms with van der Waals surface area (Å²) in [6.45, 7) is 3.14. The Bertz CT molecular complexity index is 1340. The summed E-state index contributed by atoms with van der Waals surface area (Å²) in [5.74, 6) is 2.49. The largest absolute Gasteiger partial charge is 0.496 e. The van der Waals surface area contributed by atoms with Crippen molar-refractivity contribution in [2.45, 2.75) is 43.3 Å². The lowest BCUT2D eigenvalue weighted by molar-refractivity contribution is 0.0937. The van der Waals surface area contributed by atoms with Crippen LogP contribution < -0.4 is 10.3 Å². The van der Waals surface area contributed by atoms with Gasteiger partial charge in [0.15, 0.2) is 5.16 Å². The van der Waals surface area contributed by atoms with Gasteiger partial charge in [-0.05, 0) is 44.0 Å². The van der Waals surface area contributed by atoms with E-state index in [4.69, 9.17) is 23.9 Å². The highest BCUT2D eigenvalue weighted by Gasteiger charge is 2.21. The van der Waals surface area contributed by atoms with E-state index in [0.717, 1.165) is 36.5 Å². The van der Waals surface area contributed by atoms with Gasteiger partial charge in [0.05, 0.1) is 41.9 Å². The van der Waals surface area contributed by atoms with E-state index in [-0.39, 0.29) is 11.7 Å². The first-order valence-electron chi connectivity index (χ1n) is 11.0. The Hall–Kier alpha value is -3.10. The molecule has 0 saturated carbocycles. The van der Waals surface area contributed by atoms with E-state index in [1.165, 1.54) is 11.8 Å². The molecule has 5 rings (SSSR count). The zero-order valence-corrected chi connectivity index (χ0v) is 19.4. The van der Waals surface area contributed by atoms with Gasteiger partial charge in [0, 0.05) is 12.4 Å². The molecule has 0 spiro atoms. The maximum atomic E-state index is 13.3. The number of thioether (sulfide) groups is 1. The summed E-state index contributed by atoms with van der Waals surface area (Å²) in [7, 11) is 1.63. The fourth-order valence-electron chi connectivity index (χ4n) is 4.04. The SMILES string of the molecule is COc1ccccc1-c1nc(CSc2nc3ccccc3c(=O)n2C[C@H]2CCCO2)c(C)o1. The number of rotatable bonds is 7. The van der Waals surface area contributed by atoms with Crippen LogP contribution in [0.5, 0.6) is 5.75 Å². The van der Waals surface area contributed by atoms with Crippen molar-refractivity contribution >= 4 is 22.7 Å². The summed E-state index contributed by atoms with van der Waals surface area (Å²) >= 11 is 1.49. The van der Waals surface area contributed by atoms with Crippen molar-refractivity contribution in [2.24, 2.45) is 0 Å². The van der Waals surface area contributed by atoms with Crippen LogP contribution in [0.15, 0.2) is 62.9 Å². The molecule has 1 atom stereocenters. The van der Waals surface area contributed by atoms with Gasteiger partial charge in [-0.15, -0.1) is 0 Å². The van der Waals surface area contributed by atoms with E-state index in [1.54, 1.807) is 11.7 Å². The lowest BCUT2D eigenvalue weighted by atomic mass is 10.2. The molecule has 2 aromatic carbocycles. The molecule has 33 heavy (non-hydrogen) atoms. The quantitative estimate of drug-likeness (QED) is 0.287. The molecule has 0 N–H and O–H groups in total. The van der Waals surface area contributed by atoms with Gasteiger partial charge in [0.2, 0.25) is 5.89 Å². The minimum atomic E-state index is -0.0369. The molecule has 1 fully saturated rings. The number of fused-ring (bicyclic) bond motifs is 1. The molecule has 1 aliphatic heterocycles. The minimum Gasteiger partial charge on any atom is -0.496 e. The fraction of sp³-hybridized carbons (Fsp3) is 0.320. The Morgan fingerprint density at radius 1 is 1.15 bits per heavy atom. The first-order valence-corrected chi connectivity index (χ1v) is 12.0. The second-order valence-electron chi connectivity index (χ2n) is 7.97. The van der Waals surface area contributed by atoms with E-state index >= 15 is 0 Å². The molecule has 1 aliphatic rings. The van der Waals surface area contributed by atoms with E-state index in [0.29, 0.717) is 40.0 Å².